The first-order valence-corrected chi connectivity index (χ1v) is 7.99. The molecule has 2 unspecified atom stereocenters. The Morgan fingerprint density at radius 1 is 0.765 bits per heavy atom. The second kappa shape index (κ2) is 12.5. The monoisotopic (exact) mass is 239 g/mol. The molecule has 0 aromatic carbocycles. The lowest BCUT2D eigenvalue weighted by molar-refractivity contribution is 0.414. The normalized spacial score (nSPS) is 13.2. The van der Waals surface area contributed by atoms with Crippen LogP contribution in [-0.4, -0.2) is 0 Å². The van der Waals surface area contributed by atoms with Crippen LogP contribution in [0, 0.1) is 18.8 Å². The largest absolute Gasteiger partial charge is 0.0654 e. The molecule has 0 aromatic heterocycles. The minimum Gasteiger partial charge on any atom is -0.0654 e. The maximum absolute atomic E-state index is 4.07. The van der Waals surface area contributed by atoms with E-state index in [0.717, 1.165) is 5.92 Å². The molecule has 0 aliphatic carbocycles. The highest BCUT2D eigenvalue weighted by Crippen LogP contribution is 2.18. The molecule has 0 rings (SSSR count). The van der Waals surface area contributed by atoms with Crippen LogP contribution in [0.4, 0.5) is 0 Å². The van der Waals surface area contributed by atoms with Gasteiger partial charge in [0, 0.05) is 0 Å². The molecule has 2 atom stereocenters. The average Bonchev–Trinajstić information content (AvgIpc) is 2.26. The maximum Gasteiger partial charge on any atom is -0.0440 e. The summed E-state index contributed by atoms with van der Waals surface area (Å²) in [5.41, 5.74) is 0. The van der Waals surface area contributed by atoms with Gasteiger partial charge in [0.2, 0.25) is 0 Å². The third-order valence-corrected chi connectivity index (χ3v) is 3.61. The summed E-state index contributed by atoms with van der Waals surface area (Å²) < 4.78 is 0. The fraction of sp³-hybridized carbons (Fsp3) is 0.941. The van der Waals surface area contributed by atoms with E-state index in [-0.39, 0.29) is 0 Å². The van der Waals surface area contributed by atoms with Crippen molar-refractivity contribution in [1.82, 2.24) is 0 Å². The third kappa shape index (κ3) is 13.9. The van der Waals surface area contributed by atoms with Crippen molar-refractivity contribution < 1.29 is 0 Å². The van der Waals surface area contributed by atoms with E-state index in [4.69, 9.17) is 0 Å². The van der Waals surface area contributed by atoms with Crippen LogP contribution in [0.15, 0.2) is 0 Å². The predicted octanol–water partition coefficient (Wildman–Crippen LogP) is 6.40. The Kier molecular flexibility index (Phi) is 12.5. The summed E-state index contributed by atoms with van der Waals surface area (Å²) in [6, 6.07) is 0. The molecule has 0 aromatic rings. The van der Waals surface area contributed by atoms with Gasteiger partial charge < -0.3 is 0 Å². The molecule has 0 saturated heterocycles. The Hall–Kier alpha value is 0. The first-order chi connectivity index (χ1) is 8.16. The quantitative estimate of drug-likeness (QED) is 0.345. The highest BCUT2D eigenvalue weighted by atomic mass is 14.1. The summed E-state index contributed by atoms with van der Waals surface area (Å²) in [5.74, 6) is 1.51. The van der Waals surface area contributed by atoms with E-state index in [1.165, 1.54) is 70.6 Å². The van der Waals surface area contributed by atoms with Gasteiger partial charge in [0.25, 0.3) is 0 Å². The molecule has 0 nitrogen and oxygen atoms in total. The second-order valence-corrected chi connectivity index (χ2v) is 6.06. The van der Waals surface area contributed by atoms with Gasteiger partial charge >= 0.3 is 0 Å². The standard InChI is InChI=1S/C17H35/c1-5-6-7-8-9-10-11-12-13-14-17(4)15-16(2)3/h16-17H,2,5-15H2,1,3-4H3. The summed E-state index contributed by atoms with van der Waals surface area (Å²) in [4.78, 5) is 0. The van der Waals surface area contributed by atoms with Crippen molar-refractivity contribution in [3.63, 3.8) is 0 Å². The van der Waals surface area contributed by atoms with E-state index < -0.39 is 0 Å². The first kappa shape index (κ1) is 17.0. The van der Waals surface area contributed by atoms with Crippen LogP contribution >= 0.6 is 0 Å². The second-order valence-electron chi connectivity index (χ2n) is 6.06. The Bertz CT molecular complexity index is 137. The molecule has 0 heterocycles. The van der Waals surface area contributed by atoms with E-state index >= 15 is 0 Å². The highest BCUT2D eigenvalue weighted by Gasteiger charge is 2.04. The molecule has 1 radical (unpaired) electrons. The van der Waals surface area contributed by atoms with Crippen LogP contribution < -0.4 is 0 Å². The van der Waals surface area contributed by atoms with Crippen LogP contribution in [0.2, 0.25) is 0 Å². The Labute approximate surface area is 111 Å². The van der Waals surface area contributed by atoms with Gasteiger partial charge in [-0.05, 0) is 18.3 Å². The zero-order valence-electron chi connectivity index (χ0n) is 12.6. The van der Waals surface area contributed by atoms with Gasteiger partial charge in [0.15, 0.2) is 0 Å². The average molecular weight is 239 g/mol. The molecule has 0 heteroatoms. The summed E-state index contributed by atoms with van der Waals surface area (Å²) in [6.07, 6.45) is 15.7. The lowest BCUT2D eigenvalue weighted by atomic mass is 9.93. The fourth-order valence-corrected chi connectivity index (χ4v) is 2.61. The van der Waals surface area contributed by atoms with Crippen molar-refractivity contribution >= 4 is 0 Å². The zero-order chi connectivity index (χ0) is 12.9. The predicted molar refractivity (Wildman–Crippen MR) is 80.1 cm³/mol. The smallest absolute Gasteiger partial charge is 0.0440 e. The van der Waals surface area contributed by atoms with E-state index in [1.807, 2.05) is 0 Å². The molecule has 0 N–H and O–H groups in total. The lowest BCUT2D eigenvalue weighted by Crippen LogP contribution is -2.00. The number of hydrogen-bond donors (Lipinski definition) is 0. The number of hydrogen-bond acceptors (Lipinski definition) is 0. The van der Waals surface area contributed by atoms with Crippen molar-refractivity contribution in [1.29, 1.82) is 0 Å². The number of unbranched alkanes of at least 4 members (excludes halogenated alkanes) is 8. The van der Waals surface area contributed by atoms with Crippen molar-refractivity contribution in [3.05, 3.63) is 6.92 Å². The Morgan fingerprint density at radius 3 is 1.71 bits per heavy atom. The van der Waals surface area contributed by atoms with Gasteiger partial charge in [-0.3, -0.25) is 0 Å². The van der Waals surface area contributed by atoms with E-state index in [2.05, 4.69) is 27.7 Å². The topological polar surface area (TPSA) is 0 Å². The molecule has 0 aliphatic heterocycles. The molecule has 0 saturated carbocycles. The molecule has 17 heavy (non-hydrogen) atoms. The fourth-order valence-electron chi connectivity index (χ4n) is 2.61. The van der Waals surface area contributed by atoms with Crippen molar-refractivity contribution in [2.24, 2.45) is 11.8 Å². The molecular formula is C17H35. The maximum atomic E-state index is 4.07. The van der Waals surface area contributed by atoms with Crippen LogP contribution in [0.25, 0.3) is 0 Å². The highest BCUT2D eigenvalue weighted by molar-refractivity contribution is 4.61. The lowest BCUT2D eigenvalue weighted by Gasteiger charge is -2.13. The first-order valence-electron chi connectivity index (χ1n) is 7.99. The van der Waals surface area contributed by atoms with Gasteiger partial charge in [-0.1, -0.05) is 91.9 Å². The summed E-state index contributed by atoms with van der Waals surface area (Å²) in [5, 5.41) is 0. The van der Waals surface area contributed by atoms with Gasteiger partial charge in [-0.15, -0.1) is 0 Å². The summed E-state index contributed by atoms with van der Waals surface area (Å²) in [6.45, 7) is 11.0. The third-order valence-electron chi connectivity index (χ3n) is 3.61. The van der Waals surface area contributed by atoms with E-state index in [9.17, 15) is 0 Å². The Balaban J connectivity index is 3.07. The molecule has 103 valence electrons. The number of rotatable bonds is 12. The molecule has 0 spiro atoms. The molecular weight excluding hydrogens is 204 g/mol. The summed E-state index contributed by atoms with van der Waals surface area (Å²) >= 11 is 0. The minimum atomic E-state index is 0.628. The molecule has 0 fully saturated rings. The van der Waals surface area contributed by atoms with Crippen molar-refractivity contribution in [2.75, 3.05) is 0 Å². The van der Waals surface area contributed by atoms with Crippen LogP contribution in [0.5, 0.6) is 0 Å². The van der Waals surface area contributed by atoms with Crippen LogP contribution in [-0.2, 0) is 0 Å². The van der Waals surface area contributed by atoms with Crippen molar-refractivity contribution in [3.8, 4) is 0 Å². The van der Waals surface area contributed by atoms with Gasteiger partial charge in [-0.25, -0.2) is 0 Å². The van der Waals surface area contributed by atoms with Crippen molar-refractivity contribution in [2.45, 2.75) is 91.4 Å². The summed E-state index contributed by atoms with van der Waals surface area (Å²) in [7, 11) is 0. The van der Waals surface area contributed by atoms with Crippen LogP contribution in [0.1, 0.15) is 91.4 Å². The Morgan fingerprint density at radius 2 is 1.24 bits per heavy atom. The van der Waals surface area contributed by atoms with E-state index in [1.54, 1.807) is 0 Å². The van der Waals surface area contributed by atoms with Gasteiger partial charge in [-0.2, -0.15) is 0 Å². The SMILES string of the molecule is [CH2]C(C)CC(C)CCCCCCCCCCC. The van der Waals surface area contributed by atoms with E-state index in [0.29, 0.717) is 5.92 Å². The van der Waals surface area contributed by atoms with Gasteiger partial charge in [0.1, 0.15) is 0 Å². The minimum absolute atomic E-state index is 0.628. The molecule has 0 bridgehead atoms. The molecule has 0 amide bonds. The van der Waals surface area contributed by atoms with Gasteiger partial charge in [0.05, 0.1) is 0 Å². The zero-order valence-corrected chi connectivity index (χ0v) is 12.6. The van der Waals surface area contributed by atoms with Crippen LogP contribution in [0.3, 0.4) is 0 Å². The molecule has 0 aliphatic rings.